The number of anilines is 2. The number of aromatic nitrogens is 2. The molecule has 1 fully saturated rings. The molecule has 1 aromatic rings. The largest absolute Gasteiger partial charge is 0.365 e. The summed E-state index contributed by atoms with van der Waals surface area (Å²) in [5.74, 6) is 1.68. The van der Waals surface area contributed by atoms with Gasteiger partial charge in [0.25, 0.3) is 0 Å². The van der Waals surface area contributed by atoms with E-state index in [0.717, 1.165) is 36.5 Å². The first kappa shape index (κ1) is 18.4. The summed E-state index contributed by atoms with van der Waals surface area (Å²) >= 11 is 0. The van der Waals surface area contributed by atoms with Gasteiger partial charge in [-0.1, -0.05) is 6.92 Å². The van der Waals surface area contributed by atoms with Gasteiger partial charge in [0.15, 0.2) is 0 Å². The second-order valence-electron chi connectivity index (χ2n) is 7.27. The molecule has 26 heavy (non-hydrogen) atoms. The Morgan fingerprint density at radius 3 is 2.77 bits per heavy atom. The quantitative estimate of drug-likeness (QED) is 0.839. The number of nitrogens with one attached hydrogen (secondary N) is 1. The van der Waals surface area contributed by atoms with Crippen LogP contribution in [-0.4, -0.2) is 71.4 Å². The minimum Gasteiger partial charge on any atom is -0.365 e. The van der Waals surface area contributed by atoms with E-state index < -0.39 is 0 Å². The molecule has 1 aromatic heterocycles. The second-order valence-corrected chi connectivity index (χ2v) is 7.27. The van der Waals surface area contributed by atoms with E-state index in [2.05, 4.69) is 22.2 Å². The Morgan fingerprint density at radius 1 is 1.35 bits per heavy atom. The van der Waals surface area contributed by atoms with Crippen LogP contribution in [0.25, 0.3) is 0 Å². The van der Waals surface area contributed by atoms with Gasteiger partial charge in [-0.3, -0.25) is 9.59 Å². The first-order valence-electron chi connectivity index (χ1n) is 9.26. The lowest BCUT2D eigenvalue weighted by Gasteiger charge is -2.30. The number of likely N-dealkylation sites (tertiary alicyclic amines) is 1. The SMILES string of the molecule is CCCN1CC(Nc2nc(N(C)C)nc3c2CCN(C(C)=O)C3)CC1=O. The normalized spacial score (nSPS) is 19.5. The van der Waals surface area contributed by atoms with Crippen LogP contribution in [0.2, 0.25) is 0 Å². The standard InChI is InChI=1S/C18H28N6O2/c1-5-7-24-10-13(9-16(24)26)19-17-14-6-8-23(12(2)25)11-15(14)20-18(21-17)22(3)4/h13H,5-11H2,1-4H3,(H,19,20,21). The fourth-order valence-electron chi connectivity index (χ4n) is 3.55. The Hall–Kier alpha value is -2.38. The maximum absolute atomic E-state index is 12.1. The zero-order chi connectivity index (χ0) is 18.8. The maximum Gasteiger partial charge on any atom is 0.227 e. The molecule has 3 rings (SSSR count). The lowest BCUT2D eigenvalue weighted by atomic mass is 10.0. The molecule has 0 aromatic carbocycles. The predicted molar refractivity (Wildman–Crippen MR) is 100 cm³/mol. The molecular weight excluding hydrogens is 332 g/mol. The number of rotatable bonds is 5. The van der Waals surface area contributed by atoms with E-state index in [1.165, 1.54) is 0 Å². The molecule has 0 saturated carbocycles. The number of nitrogens with zero attached hydrogens (tertiary/aromatic N) is 5. The average Bonchev–Trinajstić information content (AvgIpc) is 2.93. The Morgan fingerprint density at radius 2 is 2.12 bits per heavy atom. The summed E-state index contributed by atoms with van der Waals surface area (Å²) in [5, 5.41) is 3.48. The van der Waals surface area contributed by atoms with Crippen molar-refractivity contribution in [2.45, 2.75) is 45.7 Å². The minimum absolute atomic E-state index is 0.0618. The van der Waals surface area contributed by atoms with E-state index in [0.29, 0.717) is 32.0 Å². The Labute approximate surface area is 154 Å². The van der Waals surface area contributed by atoms with Gasteiger partial charge in [0.2, 0.25) is 17.8 Å². The zero-order valence-electron chi connectivity index (χ0n) is 16.1. The summed E-state index contributed by atoms with van der Waals surface area (Å²) in [5.41, 5.74) is 1.96. The Balaban J connectivity index is 1.85. The van der Waals surface area contributed by atoms with Crippen molar-refractivity contribution < 1.29 is 9.59 Å². The van der Waals surface area contributed by atoms with Gasteiger partial charge in [-0.05, 0) is 12.8 Å². The number of amides is 2. The van der Waals surface area contributed by atoms with Crippen molar-refractivity contribution in [3.8, 4) is 0 Å². The topological polar surface area (TPSA) is 81.7 Å². The summed E-state index contributed by atoms with van der Waals surface area (Å²) in [6, 6.07) is 0.0638. The Bertz CT molecular complexity index is 705. The van der Waals surface area contributed by atoms with Crippen molar-refractivity contribution in [3.63, 3.8) is 0 Å². The van der Waals surface area contributed by atoms with Gasteiger partial charge < -0.3 is 20.0 Å². The van der Waals surface area contributed by atoms with Crippen LogP contribution < -0.4 is 10.2 Å². The van der Waals surface area contributed by atoms with Gasteiger partial charge in [0.1, 0.15) is 5.82 Å². The van der Waals surface area contributed by atoms with Gasteiger partial charge in [-0.25, -0.2) is 4.98 Å². The molecular formula is C18H28N6O2. The van der Waals surface area contributed by atoms with E-state index in [4.69, 9.17) is 0 Å². The number of fused-ring (bicyclic) bond motifs is 1. The molecule has 1 unspecified atom stereocenters. The van der Waals surface area contributed by atoms with Crippen LogP contribution in [0.5, 0.6) is 0 Å². The molecule has 142 valence electrons. The van der Waals surface area contributed by atoms with Crippen LogP contribution in [0, 0.1) is 0 Å². The van der Waals surface area contributed by atoms with Crippen molar-refractivity contribution in [2.75, 3.05) is 43.9 Å². The maximum atomic E-state index is 12.1. The van der Waals surface area contributed by atoms with Gasteiger partial charge >= 0.3 is 0 Å². The van der Waals surface area contributed by atoms with Crippen molar-refractivity contribution >= 4 is 23.6 Å². The highest BCUT2D eigenvalue weighted by Gasteiger charge is 2.31. The van der Waals surface area contributed by atoms with E-state index in [9.17, 15) is 9.59 Å². The molecule has 1 saturated heterocycles. The molecule has 1 atom stereocenters. The highest BCUT2D eigenvalue weighted by molar-refractivity contribution is 5.80. The number of carbonyl (C=O) groups is 2. The second kappa shape index (κ2) is 7.47. The molecule has 2 aliphatic heterocycles. The van der Waals surface area contributed by atoms with Crippen LogP contribution in [0.3, 0.4) is 0 Å². The fraction of sp³-hybridized carbons (Fsp3) is 0.667. The molecule has 0 spiro atoms. The predicted octanol–water partition coefficient (Wildman–Crippen LogP) is 0.870. The van der Waals surface area contributed by atoms with Crippen LogP contribution in [0.4, 0.5) is 11.8 Å². The lowest BCUT2D eigenvalue weighted by molar-refractivity contribution is -0.130. The van der Waals surface area contributed by atoms with Gasteiger partial charge in [0.05, 0.1) is 18.3 Å². The summed E-state index contributed by atoms with van der Waals surface area (Å²) in [4.78, 5) is 38.8. The van der Waals surface area contributed by atoms with Crippen molar-refractivity contribution in [1.82, 2.24) is 19.8 Å². The third-order valence-electron chi connectivity index (χ3n) is 4.95. The van der Waals surface area contributed by atoms with E-state index in [1.807, 2.05) is 23.9 Å². The first-order valence-corrected chi connectivity index (χ1v) is 9.26. The van der Waals surface area contributed by atoms with Gasteiger partial charge in [0, 0.05) is 52.6 Å². The minimum atomic E-state index is 0.0618. The summed E-state index contributed by atoms with van der Waals surface area (Å²) in [6.07, 6.45) is 2.19. The number of carbonyl (C=O) groups excluding carboxylic acids is 2. The number of hydrogen-bond acceptors (Lipinski definition) is 6. The van der Waals surface area contributed by atoms with E-state index in [1.54, 1.807) is 11.8 Å². The lowest BCUT2D eigenvalue weighted by Crippen LogP contribution is -2.36. The van der Waals surface area contributed by atoms with Gasteiger partial charge in [-0.2, -0.15) is 4.98 Å². The molecule has 8 heteroatoms. The summed E-state index contributed by atoms with van der Waals surface area (Å²) < 4.78 is 0. The highest BCUT2D eigenvalue weighted by Crippen LogP contribution is 2.27. The highest BCUT2D eigenvalue weighted by atomic mass is 16.2. The van der Waals surface area contributed by atoms with Crippen LogP contribution in [-0.2, 0) is 22.6 Å². The molecule has 1 N–H and O–H groups in total. The van der Waals surface area contributed by atoms with Crippen LogP contribution in [0.15, 0.2) is 0 Å². The van der Waals surface area contributed by atoms with E-state index in [-0.39, 0.29) is 17.9 Å². The summed E-state index contributed by atoms with van der Waals surface area (Å²) in [6.45, 7) is 6.36. The molecule has 0 aliphatic carbocycles. The third-order valence-corrected chi connectivity index (χ3v) is 4.95. The van der Waals surface area contributed by atoms with Crippen molar-refractivity contribution in [1.29, 1.82) is 0 Å². The average molecular weight is 360 g/mol. The van der Waals surface area contributed by atoms with Crippen LogP contribution >= 0.6 is 0 Å². The summed E-state index contributed by atoms with van der Waals surface area (Å²) in [7, 11) is 3.80. The van der Waals surface area contributed by atoms with Crippen molar-refractivity contribution in [2.24, 2.45) is 0 Å². The Kier molecular flexibility index (Phi) is 5.29. The smallest absolute Gasteiger partial charge is 0.227 e. The third kappa shape index (κ3) is 3.73. The van der Waals surface area contributed by atoms with Crippen LogP contribution in [0.1, 0.15) is 37.9 Å². The van der Waals surface area contributed by atoms with Crippen molar-refractivity contribution in [3.05, 3.63) is 11.3 Å². The molecule has 0 radical (unpaired) electrons. The first-order chi connectivity index (χ1) is 12.4. The molecule has 0 bridgehead atoms. The zero-order valence-corrected chi connectivity index (χ0v) is 16.1. The number of hydrogen-bond donors (Lipinski definition) is 1. The van der Waals surface area contributed by atoms with Gasteiger partial charge in [-0.15, -0.1) is 0 Å². The fourth-order valence-corrected chi connectivity index (χ4v) is 3.55. The molecule has 2 amide bonds. The molecule has 3 heterocycles. The van der Waals surface area contributed by atoms with E-state index >= 15 is 0 Å². The monoisotopic (exact) mass is 360 g/mol. The molecule has 8 nitrogen and oxygen atoms in total. The molecule has 2 aliphatic rings.